The first-order valence-corrected chi connectivity index (χ1v) is 8.55. The maximum atomic E-state index is 12.6. The normalized spacial score (nSPS) is 15.4. The van der Waals surface area contributed by atoms with Gasteiger partial charge in [0.15, 0.2) is 0 Å². The highest BCUT2D eigenvalue weighted by Crippen LogP contribution is 2.38. The van der Waals surface area contributed by atoms with Crippen LogP contribution < -0.4 is 9.84 Å². The summed E-state index contributed by atoms with van der Waals surface area (Å²) in [5, 5.41) is 22.5. The average Bonchev–Trinajstić information content (AvgIpc) is 2.91. The van der Waals surface area contributed by atoms with Gasteiger partial charge < -0.3 is 9.84 Å². The van der Waals surface area contributed by atoms with E-state index < -0.39 is 27.5 Å². The van der Waals surface area contributed by atoms with Crippen molar-refractivity contribution in [3.63, 3.8) is 0 Å². The van der Waals surface area contributed by atoms with Crippen molar-refractivity contribution in [2.24, 2.45) is 0 Å². The van der Waals surface area contributed by atoms with Crippen LogP contribution in [-0.4, -0.2) is 28.1 Å². The van der Waals surface area contributed by atoms with Crippen LogP contribution in [0.1, 0.15) is 11.1 Å². The highest BCUT2D eigenvalue weighted by atomic mass is 32.2. The summed E-state index contributed by atoms with van der Waals surface area (Å²) in [5.74, 6) is -1.56. The summed E-state index contributed by atoms with van der Waals surface area (Å²) in [6.45, 7) is 0.131. The molecule has 0 spiro atoms. The second kappa shape index (κ2) is 7.50. The van der Waals surface area contributed by atoms with E-state index in [0.29, 0.717) is 0 Å². The molecule has 0 atom stereocenters. The molecule has 8 nitrogen and oxygen atoms in total. The zero-order valence-electron chi connectivity index (χ0n) is 14.1. The minimum absolute atomic E-state index is 0.117. The van der Waals surface area contributed by atoms with E-state index in [1.165, 1.54) is 19.3 Å². The molecular formula is C18H13N2O6S-. The fourth-order valence-electron chi connectivity index (χ4n) is 2.53. The van der Waals surface area contributed by atoms with Crippen LogP contribution in [0.5, 0.6) is 11.5 Å². The quantitative estimate of drug-likeness (QED) is 0.442. The standard InChI is InChI=1S/C18H14N2O6S/c1-26-14-8-12(7-13(16(14)21)20(24)25)9-15-17(22)19(18(23)27-15)10-11-5-3-2-4-6-11/h2-9,21H,10H2,1H3/p-1/b15-9+. The van der Waals surface area contributed by atoms with E-state index in [0.717, 1.165) is 28.3 Å². The molecule has 1 aliphatic heterocycles. The van der Waals surface area contributed by atoms with Gasteiger partial charge in [-0.3, -0.25) is 24.6 Å². The van der Waals surface area contributed by atoms with Gasteiger partial charge in [-0.25, -0.2) is 0 Å². The van der Waals surface area contributed by atoms with E-state index in [4.69, 9.17) is 4.74 Å². The maximum absolute atomic E-state index is 12.6. The Balaban J connectivity index is 1.92. The van der Waals surface area contributed by atoms with Gasteiger partial charge in [-0.1, -0.05) is 30.3 Å². The molecule has 0 unspecified atom stereocenters. The Hall–Kier alpha value is -3.33. The number of ether oxygens (including phenoxy) is 1. The van der Waals surface area contributed by atoms with E-state index in [9.17, 15) is 24.8 Å². The number of imide groups is 1. The monoisotopic (exact) mass is 385 g/mol. The summed E-state index contributed by atoms with van der Waals surface area (Å²) < 4.78 is 4.87. The van der Waals surface area contributed by atoms with Crippen molar-refractivity contribution in [2.75, 3.05) is 7.11 Å². The highest BCUT2D eigenvalue weighted by Gasteiger charge is 2.35. The molecule has 3 rings (SSSR count). The van der Waals surface area contributed by atoms with Crippen molar-refractivity contribution in [1.29, 1.82) is 0 Å². The predicted octanol–water partition coefficient (Wildman–Crippen LogP) is 2.91. The first kappa shape index (κ1) is 18.5. The topological polar surface area (TPSA) is 113 Å². The lowest BCUT2D eigenvalue weighted by Gasteiger charge is -2.13. The minimum Gasteiger partial charge on any atom is -0.865 e. The van der Waals surface area contributed by atoms with Crippen LogP contribution in [0.3, 0.4) is 0 Å². The van der Waals surface area contributed by atoms with Crippen LogP contribution >= 0.6 is 11.8 Å². The van der Waals surface area contributed by atoms with Crippen LogP contribution in [0.25, 0.3) is 6.08 Å². The van der Waals surface area contributed by atoms with Crippen molar-refractivity contribution < 1.29 is 24.4 Å². The summed E-state index contributed by atoms with van der Waals surface area (Å²) in [4.78, 5) is 36.2. The summed E-state index contributed by atoms with van der Waals surface area (Å²) in [5.41, 5.74) is 0.363. The van der Waals surface area contributed by atoms with Crippen LogP contribution in [0.2, 0.25) is 0 Å². The molecule has 0 N–H and O–H groups in total. The molecule has 0 radical (unpaired) electrons. The van der Waals surface area contributed by atoms with E-state index in [-0.39, 0.29) is 22.8 Å². The number of thioether (sulfide) groups is 1. The Morgan fingerprint density at radius 3 is 2.56 bits per heavy atom. The molecule has 2 aromatic carbocycles. The van der Waals surface area contributed by atoms with Gasteiger partial charge in [0.2, 0.25) is 0 Å². The van der Waals surface area contributed by atoms with Gasteiger partial charge in [0.1, 0.15) is 5.75 Å². The smallest absolute Gasteiger partial charge is 0.293 e. The third kappa shape index (κ3) is 3.77. The van der Waals surface area contributed by atoms with Gasteiger partial charge in [-0.2, -0.15) is 0 Å². The molecule has 1 fully saturated rings. The predicted molar refractivity (Wildman–Crippen MR) is 97.1 cm³/mol. The summed E-state index contributed by atoms with van der Waals surface area (Å²) in [6.07, 6.45) is 1.34. The van der Waals surface area contributed by atoms with Gasteiger partial charge in [-0.15, -0.1) is 0 Å². The number of methoxy groups -OCH3 is 1. The zero-order chi connectivity index (χ0) is 19.6. The van der Waals surface area contributed by atoms with E-state index in [1.807, 2.05) is 6.07 Å². The average molecular weight is 385 g/mol. The molecule has 1 heterocycles. The number of nitro groups is 1. The molecule has 0 aromatic heterocycles. The zero-order valence-corrected chi connectivity index (χ0v) is 14.9. The van der Waals surface area contributed by atoms with E-state index in [1.54, 1.807) is 24.3 Å². The SMILES string of the molecule is COc1cc(/C=C2/SC(=O)N(Cc3ccccc3)C2=O)cc([N+](=O)[O-])c1[O-]. The van der Waals surface area contributed by atoms with Crippen molar-refractivity contribution >= 4 is 34.7 Å². The molecule has 27 heavy (non-hydrogen) atoms. The largest absolute Gasteiger partial charge is 0.865 e. The van der Waals surface area contributed by atoms with Crippen LogP contribution in [0.4, 0.5) is 10.5 Å². The fourth-order valence-corrected chi connectivity index (χ4v) is 3.37. The van der Waals surface area contributed by atoms with Gasteiger partial charge in [0.05, 0.1) is 23.5 Å². The number of amides is 2. The number of nitro benzene ring substituents is 1. The number of carbonyl (C=O) groups is 2. The Morgan fingerprint density at radius 2 is 1.93 bits per heavy atom. The summed E-state index contributed by atoms with van der Waals surface area (Å²) in [7, 11) is 1.22. The molecule has 2 aromatic rings. The summed E-state index contributed by atoms with van der Waals surface area (Å²) >= 11 is 0.738. The fraction of sp³-hybridized carbons (Fsp3) is 0.111. The van der Waals surface area contributed by atoms with Crippen molar-refractivity contribution in [3.8, 4) is 11.5 Å². The molecule has 2 amide bonds. The second-order valence-electron chi connectivity index (χ2n) is 5.58. The molecule has 0 bridgehead atoms. The molecule has 138 valence electrons. The third-order valence-electron chi connectivity index (χ3n) is 3.83. The Kier molecular flexibility index (Phi) is 5.13. The van der Waals surface area contributed by atoms with Crippen molar-refractivity contribution in [3.05, 3.63) is 68.6 Å². The van der Waals surface area contributed by atoms with Crippen LogP contribution in [0, 0.1) is 10.1 Å². The molecular weight excluding hydrogens is 372 g/mol. The number of hydrogen-bond acceptors (Lipinski definition) is 7. The number of benzene rings is 2. The Bertz CT molecular complexity index is 958. The van der Waals surface area contributed by atoms with Crippen molar-refractivity contribution in [1.82, 2.24) is 4.90 Å². The number of hydrogen-bond donors (Lipinski definition) is 0. The second-order valence-corrected chi connectivity index (χ2v) is 6.58. The van der Waals surface area contributed by atoms with Crippen LogP contribution in [-0.2, 0) is 11.3 Å². The van der Waals surface area contributed by atoms with Gasteiger partial charge in [-0.05, 0) is 35.0 Å². The first-order valence-electron chi connectivity index (χ1n) is 7.73. The lowest BCUT2D eigenvalue weighted by Crippen LogP contribution is -2.27. The lowest BCUT2D eigenvalue weighted by molar-refractivity contribution is -0.398. The highest BCUT2D eigenvalue weighted by molar-refractivity contribution is 8.18. The number of rotatable bonds is 5. The first-order chi connectivity index (χ1) is 12.9. The third-order valence-corrected chi connectivity index (χ3v) is 4.74. The lowest BCUT2D eigenvalue weighted by atomic mass is 10.1. The van der Waals surface area contributed by atoms with Gasteiger partial charge >= 0.3 is 0 Å². The van der Waals surface area contributed by atoms with Gasteiger partial charge in [0.25, 0.3) is 16.8 Å². The van der Waals surface area contributed by atoms with E-state index >= 15 is 0 Å². The summed E-state index contributed by atoms with van der Waals surface area (Å²) in [6, 6.07) is 11.4. The molecule has 9 heteroatoms. The molecule has 0 saturated carbocycles. The Morgan fingerprint density at radius 1 is 1.22 bits per heavy atom. The maximum Gasteiger partial charge on any atom is 0.293 e. The van der Waals surface area contributed by atoms with Crippen LogP contribution in [0.15, 0.2) is 47.4 Å². The number of carbonyl (C=O) groups excluding carboxylic acids is 2. The minimum atomic E-state index is -0.850. The Labute approximate surface area is 158 Å². The molecule has 1 aliphatic rings. The van der Waals surface area contributed by atoms with E-state index in [2.05, 4.69) is 0 Å². The van der Waals surface area contributed by atoms with Crippen molar-refractivity contribution in [2.45, 2.75) is 6.54 Å². The molecule has 1 saturated heterocycles. The molecule has 0 aliphatic carbocycles. The van der Waals surface area contributed by atoms with Gasteiger partial charge in [0, 0.05) is 11.8 Å². The number of nitrogens with zero attached hydrogens (tertiary/aromatic N) is 2.